The Morgan fingerprint density at radius 1 is 1.56 bits per heavy atom. The van der Waals surface area contributed by atoms with Crippen LogP contribution in [0.1, 0.15) is 50.0 Å². The lowest BCUT2D eigenvalue weighted by molar-refractivity contribution is -0.142. The van der Waals surface area contributed by atoms with Crippen LogP contribution in [-0.4, -0.2) is 33.1 Å². The van der Waals surface area contributed by atoms with Crippen LogP contribution in [0.25, 0.3) is 0 Å². The first-order valence-corrected chi connectivity index (χ1v) is 6.60. The van der Waals surface area contributed by atoms with Crippen LogP contribution in [0.2, 0.25) is 0 Å². The number of aliphatic carboxylic acids is 1. The third-order valence-electron chi connectivity index (χ3n) is 4.20. The molecule has 3 rings (SSSR count). The van der Waals surface area contributed by atoms with Crippen molar-refractivity contribution in [2.24, 2.45) is 0 Å². The maximum absolute atomic E-state index is 11.5. The van der Waals surface area contributed by atoms with E-state index in [1.807, 2.05) is 11.8 Å². The minimum absolute atomic E-state index is 0.566. The average Bonchev–Trinajstić information content (AvgIpc) is 2.99. The van der Waals surface area contributed by atoms with E-state index >= 15 is 0 Å². The van der Waals surface area contributed by atoms with Gasteiger partial charge in [-0.3, -0.25) is 0 Å². The summed E-state index contributed by atoms with van der Waals surface area (Å²) in [4.78, 5) is 21.4. The number of anilines is 1. The number of nitrogens with one attached hydrogen (secondary N) is 1. The van der Waals surface area contributed by atoms with Crippen LogP contribution in [0.4, 0.5) is 5.82 Å². The van der Waals surface area contributed by atoms with E-state index in [1.54, 1.807) is 6.92 Å². The van der Waals surface area contributed by atoms with Gasteiger partial charge in [-0.25, -0.2) is 9.78 Å². The van der Waals surface area contributed by atoms with Crippen LogP contribution in [0.15, 0.2) is 0 Å². The molecule has 2 N–H and O–H groups in total. The highest BCUT2D eigenvalue weighted by Gasteiger charge is 2.45. The predicted octanol–water partition coefficient (Wildman–Crippen LogP) is 2.04. The number of hydrogen-bond donors (Lipinski definition) is 2. The number of carboxylic acids is 1. The fourth-order valence-corrected chi connectivity index (χ4v) is 2.81. The van der Waals surface area contributed by atoms with Gasteiger partial charge in [-0.1, -0.05) is 0 Å². The van der Waals surface area contributed by atoms with Crippen LogP contribution >= 0.6 is 0 Å². The Hall–Kier alpha value is -1.52. The molecule has 2 heterocycles. The molecule has 2 fully saturated rings. The highest BCUT2D eigenvalue weighted by molar-refractivity contribution is 5.83. The summed E-state index contributed by atoms with van der Waals surface area (Å²) >= 11 is 0. The monoisotopic (exact) mass is 249 g/mol. The Balaban J connectivity index is 1.96. The number of carboxylic acid groups (broad SMARTS) is 1. The van der Waals surface area contributed by atoms with E-state index in [0.29, 0.717) is 12.3 Å². The van der Waals surface area contributed by atoms with Crippen molar-refractivity contribution in [3.63, 3.8) is 0 Å². The molecule has 2 aliphatic rings. The lowest BCUT2D eigenvalue weighted by Crippen LogP contribution is -2.48. The zero-order chi connectivity index (χ0) is 12.9. The van der Waals surface area contributed by atoms with Gasteiger partial charge in [0.1, 0.15) is 11.4 Å². The number of imidazole rings is 1. The summed E-state index contributed by atoms with van der Waals surface area (Å²) in [7, 11) is 0. The average molecular weight is 249 g/mol. The molecule has 1 atom stereocenters. The van der Waals surface area contributed by atoms with Gasteiger partial charge >= 0.3 is 5.97 Å². The fourth-order valence-electron chi connectivity index (χ4n) is 2.81. The predicted molar refractivity (Wildman–Crippen MR) is 67.9 cm³/mol. The minimum atomic E-state index is -0.805. The number of H-pyrrole nitrogens is 1. The van der Waals surface area contributed by atoms with Gasteiger partial charge in [0, 0.05) is 12.5 Å². The number of aromatic amines is 1. The summed E-state index contributed by atoms with van der Waals surface area (Å²) in [6.45, 7) is 4.56. The van der Waals surface area contributed by atoms with Gasteiger partial charge in [0.25, 0.3) is 0 Å². The number of hydrogen-bond acceptors (Lipinski definition) is 3. The summed E-state index contributed by atoms with van der Waals surface area (Å²) in [5.41, 5.74) is 0.187. The van der Waals surface area contributed by atoms with Crippen LogP contribution < -0.4 is 4.90 Å². The van der Waals surface area contributed by atoms with Gasteiger partial charge < -0.3 is 15.0 Å². The molecule has 1 aliphatic carbocycles. The molecule has 98 valence electrons. The maximum Gasteiger partial charge on any atom is 0.329 e. The Morgan fingerprint density at radius 3 is 2.89 bits per heavy atom. The molecular weight excluding hydrogens is 230 g/mol. The summed E-state index contributed by atoms with van der Waals surface area (Å²) in [6.07, 6.45) is 3.99. The van der Waals surface area contributed by atoms with Gasteiger partial charge in [-0.15, -0.1) is 0 Å². The quantitative estimate of drug-likeness (QED) is 0.860. The Kier molecular flexibility index (Phi) is 2.40. The molecule has 1 aromatic rings. The summed E-state index contributed by atoms with van der Waals surface area (Å²) < 4.78 is 0. The lowest BCUT2D eigenvalue weighted by Gasteiger charge is -2.31. The topological polar surface area (TPSA) is 69.2 Å². The van der Waals surface area contributed by atoms with Gasteiger partial charge in [-0.2, -0.15) is 0 Å². The van der Waals surface area contributed by atoms with E-state index in [4.69, 9.17) is 0 Å². The van der Waals surface area contributed by atoms with Crippen LogP contribution in [0, 0.1) is 6.92 Å². The van der Waals surface area contributed by atoms with E-state index < -0.39 is 11.5 Å². The van der Waals surface area contributed by atoms with Crippen LogP contribution in [0.5, 0.6) is 0 Å². The molecule has 0 bridgehead atoms. The first-order valence-electron chi connectivity index (χ1n) is 6.60. The molecule has 1 unspecified atom stereocenters. The molecule has 0 amide bonds. The zero-order valence-electron chi connectivity index (χ0n) is 10.9. The highest BCUT2D eigenvalue weighted by Crippen LogP contribution is 2.41. The Morgan fingerprint density at radius 2 is 2.28 bits per heavy atom. The van der Waals surface area contributed by atoms with Crippen LogP contribution in [-0.2, 0) is 4.79 Å². The van der Waals surface area contributed by atoms with E-state index in [-0.39, 0.29) is 0 Å². The van der Waals surface area contributed by atoms with Gasteiger partial charge in [0.15, 0.2) is 5.82 Å². The molecule has 1 aliphatic heterocycles. The first kappa shape index (κ1) is 11.6. The summed E-state index contributed by atoms with van der Waals surface area (Å²) in [5.74, 6) is 1.67. The van der Waals surface area contributed by atoms with Crippen molar-refractivity contribution in [3.8, 4) is 0 Å². The van der Waals surface area contributed by atoms with Gasteiger partial charge in [0.2, 0.25) is 0 Å². The van der Waals surface area contributed by atoms with E-state index in [9.17, 15) is 9.90 Å². The molecule has 0 radical (unpaired) electrons. The molecule has 0 spiro atoms. The third-order valence-corrected chi connectivity index (χ3v) is 4.20. The van der Waals surface area contributed by atoms with Crippen molar-refractivity contribution >= 4 is 11.8 Å². The van der Waals surface area contributed by atoms with E-state index in [0.717, 1.165) is 30.3 Å². The number of aromatic nitrogens is 2. The molecule has 0 aromatic carbocycles. The van der Waals surface area contributed by atoms with Gasteiger partial charge in [0.05, 0.1) is 5.69 Å². The molecule has 5 nitrogen and oxygen atoms in total. The molecule has 1 saturated carbocycles. The molecule has 1 aromatic heterocycles. The summed E-state index contributed by atoms with van der Waals surface area (Å²) in [5, 5.41) is 9.44. The third kappa shape index (κ3) is 1.61. The number of aryl methyl sites for hydroxylation is 1. The fraction of sp³-hybridized carbons (Fsp3) is 0.692. The highest BCUT2D eigenvalue weighted by atomic mass is 16.4. The second-order valence-corrected chi connectivity index (χ2v) is 5.68. The Bertz CT molecular complexity index is 492. The minimum Gasteiger partial charge on any atom is -0.480 e. The maximum atomic E-state index is 11.5. The molecule has 18 heavy (non-hydrogen) atoms. The van der Waals surface area contributed by atoms with Crippen molar-refractivity contribution in [1.29, 1.82) is 0 Å². The Labute approximate surface area is 106 Å². The number of rotatable bonds is 3. The molecule has 5 heteroatoms. The number of carbonyl (C=O) groups is 1. The first-order chi connectivity index (χ1) is 8.52. The normalized spacial score (nSPS) is 27.8. The smallest absolute Gasteiger partial charge is 0.329 e. The van der Waals surface area contributed by atoms with E-state index in [2.05, 4.69) is 9.97 Å². The van der Waals surface area contributed by atoms with Gasteiger partial charge in [-0.05, 0) is 39.5 Å². The van der Waals surface area contributed by atoms with Crippen LogP contribution in [0.3, 0.4) is 0 Å². The SMILES string of the molecule is Cc1[nH]c(C2CC2)nc1N1CCCC1(C)C(=O)O. The second kappa shape index (κ2) is 3.73. The lowest BCUT2D eigenvalue weighted by atomic mass is 9.99. The van der Waals surface area contributed by atoms with Crippen molar-refractivity contribution in [2.75, 3.05) is 11.4 Å². The molecule has 1 saturated heterocycles. The zero-order valence-corrected chi connectivity index (χ0v) is 10.9. The molecular formula is C13H19N3O2. The second-order valence-electron chi connectivity index (χ2n) is 5.68. The largest absolute Gasteiger partial charge is 0.480 e. The van der Waals surface area contributed by atoms with Crippen molar-refractivity contribution in [1.82, 2.24) is 9.97 Å². The van der Waals surface area contributed by atoms with Crippen molar-refractivity contribution < 1.29 is 9.90 Å². The summed E-state index contributed by atoms with van der Waals surface area (Å²) in [6, 6.07) is 0. The van der Waals surface area contributed by atoms with Crippen molar-refractivity contribution in [2.45, 2.75) is 51.0 Å². The number of nitrogens with zero attached hydrogens (tertiary/aromatic N) is 2. The van der Waals surface area contributed by atoms with E-state index in [1.165, 1.54) is 12.8 Å². The van der Waals surface area contributed by atoms with Crippen molar-refractivity contribution in [3.05, 3.63) is 11.5 Å². The standard InChI is InChI=1S/C13H19N3O2/c1-8-11(15-10(14-8)9-4-5-9)16-7-3-6-13(16,2)12(17)18/h9H,3-7H2,1-2H3,(H,14,15)(H,17,18).